The Labute approximate surface area is 83.6 Å². The van der Waals surface area contributed by atoms with Gasteiger partial charge in [0.25, 0.3) is 0 Å². The highest BCUT2D eigenvalue weighted by Crippen LogP contribution is 2.15. The van der Waals surface area contributed by atoms with Crippen molar-refractivity contribution < 1.29 is 19.6 Å². The number of carbonyl (C=O) groups excluding carboxylic acids is 2. The monoisotopic (exact) mass is 201 g/mol. The number of hydrogen-bond donors (Lipinski definition) is 3. The molecule has 0 saturated carbocycles. The number of nitrogens with one attached hydrogen (secondary N) is 1. The molecule has 1 fully saturated rings. The first-order valence-electron chi connectivity index (χ1n) is 4.76. The van der Waals surface area contributed by atoms with Crippen LogP contribution >= 0.6 is 0 Å². The fourth-order valence-corrected chi connectivity index (χ4v) is 1.55. The van der Waals surface area contributed by atoms with Crippen molar-refractivity contribution in [1.82, 2.24) is 5.32 Å². The molecule has 80 valence electrons. The third-order valence-corrected chi connectivity index (χ3v) is 2.24. The second-order valence-corrected chi connectivity index (χ2v) is 3.35. The van der Waals surface area contributed by atoms with E-state index in [1.54, 1.807) is 0 Å². The zero-order valence-corrected chi connectivity index (χ0v) is 8.11. The molecule has 0 aromatic rings. The SMILES string of the molecule is O=C=O.OB(O)CCC[C@@H]1CCNC1. The molecular formula is C8H16BNO4. The van der Waals surface area contributed by atoms with Crippen LogP contribution in [-0.2, 0) is 9.59 Å². The molecule has 5 nitrogen and oxygen atoms in total. The molecule has 1 rings (SSSR count). The molecule has 0 amide bonds. The predicted molar refractivity (Wildman–Crippen MR) is 50.2 cm³/mol. The molecule has 0 aliphatic carbocycles. The average molecular weight is 201 g/mol. The van der Waals surface area contributed by atoms with E-state index in [0.29, 0.717) is 6.32 Å². The Morgan fingerprint density at radius 2 is 2.07 bits per heavy atom. The van der Waals surface area contributed by atoms with E-state index in [1.807, 2.05) is 0 Å². The van der Waals surface area contributed by atoms with Gasteiger partial charge in [-0.25, -0.2) is 0 Å². The lowest BCUT2D eigenvalue weighted by Gasteiger charge is -2.06. The molecule has 0 spiro atoms. The summed E-state index contributed by atoms with van der Waals surface area (Å²) in [5, 5.41) is 20.4. The van der Waals surface area contributed by atoms with Crippen molar-refractivity contribution in [2.45, 2.75) is 25.6 Å². The first kappa shape index (κ1) is 13.3. The predicted octanol–water partition coefficient (Wildman–Crippen LogP) is -0.735. The summed E-state index contributed by atoms with van der Waals surface area (Å²) in [6.45, 7) is 2.24. The van der Waals surface area contributed by atoms with Gasteiger partial charge in [0.2, 0.25) is 0 Å². The summed E-state index contributed by atoms with van der Waals surface area (Å²) in [7, 11) is -1.11. The van der Waals surface area contributed by atoms with Crippen LogP contribution < -0.4 is 5.32 Å². The van der Waals surface area contributed by atoms with Crippen LogP contribution in [0.3, 0.4) is 0 Å². The van der Waals surface area contributed by atoms with Crippen LogP contribution in [0, 0.1) is 5.92 Å². The molecule has 0 aromatic carbocycles. The Morgan fingerprint density at radius 3 is 2.50 bits per heavy atom. The highest BCUT2D eigenvalue weighted by atomic mass is 16.4. The molecule has 0 radical (unpaired) electrons. The van der Waals surface area contributed by atoms with Crippen LogP contribution in [0.4, 0.5) is 0 Å². The van der Waals surface area contributed by atoms with Gasteiger partial charge in [-0.1, -0.05) is 6.42 Å². The number of rotatable bonds is 4. The minimum Gasteiger partial charge on any atom is -0.427 e. The van der Waals surface area contributed by atoms with Gasteiger partial charge in [-0.15, -0.1) is 0 Å². The summed E-state index contributed by atoms with van der Waals surface area (Å²) < 4.78 is 0. The van der Waals surface area contributed by atoms with Gasteiger partial charge in [-0.3, -0.25) is 0 Å². The van der Waals surface area contributed by atoms with Crippen molar-refractivity contribution in [3.05, 3.63) is 0 Å². The van der Waals surface area contributed by atoms with E-state index in [-0.39, 0.29) is 6.15 Å². The zero-order chi connectivity index (χ0) is 10.8. The van der Waals surface area contributed by atoms with Crippen LogP contribution in [0.25, 0.3) is 0 Å². The molecule has 0 unspecified atom stereocenters. The first-order chi connectivity index (χ1) is 6.70. The van der Waals surface area contributed by atoms with Gasteiger partial charge < -0.3 is 15.4 Å². The lowest BCUT2D eigenvalue weighted by atomic mass is 9.82. The molecule has 0 aromatic heterocycles. The molecular weight excluding hydrogens is 185 g/mol. The maximum Gasteiger partial charge on any atom is 0.451 e. The molecule has 1 aliphatic heterocycles. The van der Waals surface area contributed by atoms with E-state index in [1.165, 1.54) is 6.42 Å². The molecule has 1 saturated heterocycles. The van der Waals surface area contributed by atoms with Crippen LogP contribution in [0.5, 0.6) is 0 Å². The summed E-state index contributed by atoms with van der Waals surface area (Å²) in [6, 6.07) is 0. The van der Waals surface area contributed by atoms with Crippen molar-refractivity contribution in [3.8, 4) is 0 Å². The second kappa shape index (κ2) is 8.90. The van der Waals surface area contributed by atoms with Crippen molar-refractivity contribution >= 4 is 13.3 Å². The summed E-state index contributed by atoms with van der Waals surface area (Å²) in [4.78, 5) is 16.2. The summed E-state index contributed by atoms with van der Waals surface area (Å²) in [5.74, 6) is 0.772. The van der Waals surface area contributed by atoms with Crippen molar-refractivity contribution in [2.24, 2.45) is 5.92 Å². The normalized spacial score (nSPS) is 19.4. The van der Waals surface area contributed by atoms with Crippen LogP contribution in [0.15, 0.2) is 0 Å². The van der Waals surface area contributed by atoms with Crippen molar-refractivity contribution in [1.29, 1.82) is 0 Å². The maximum absolute atomic E-state index is 8.57. The average Bonchev–Trinajstić information content (AvgIpc) is 2.57. The van der Waals surface area contributed by atoms with E-state index in [4.69, 9.17) is 19.6 Å². The molecule has 0 bridgehead atoms. The van der Waals surface area contributed by atoms with E-state index in [2.05, 4.69) is 5.32 Å². The third kappa shape index (κ3) is 7.95. The lowest BCUT2D eigenvalue weighted by Crippen LogP contribution is -2.12. The van der Waals surface area contributed by atoms with Gasteiger partial charge in [-0.2, -0.15) is 9.59 Å². The van der Waals surface area contributed by atoms with Gasteiger partial charge in [0.15, 0.2) is 0 Å². The topological polar surface area (TPSA) is 86.6 Å². The van der Waals surface area contributed by atoms with Crippen LogP contribution in [-0.4, -0.2) is 36.4 Å². The highest BCUT2D eigenvalue weighted by Gasteiger charge is 2.15. The fraction of sp³-hybridized carbons (Fsp3) is 0.875. The lowest BCUT2D eigenvalue weighted by molar-refractivity contribution is -0.191. The molecule has 1 aliphatic rings. The van der Waals surface area contributed by atoms with E-state index in [9.17, 15) is 0 Å². The second-order valence-electron chi connectivity index (χ2n) is 3.35. The molecule has 1 heterocycles. The maximum atomic E-state index is 8.57. The fourth-order valence-electron chi connectivity index (χ4n) is 1.55. The van der Waals surface area contributed by atoms with E-state index in [0.717, 1.165) is 31.8 Å². The van der Waals surface area contributed by atoms with Crippen LogP contribution in [0.2, 0.25) is 6.32 Å². The van der Waals surface area contributed by atoms with Gasteiger partial charge in [-0.05, 0) is 38.2 Å². The van der Waals surface area contributed by atoms with E-state index >= 15 is 0 Å². The summed E-state index contributed by atoms with van der Waals surface area (Å²) >= 11 is 0. The first-order valence-corrected chi connectivity index (χ1v) is 4.76. The molecule has 6 heteroatoms. The zero-order valence-electron chi connectivity index (χ0n) is 8.11. The van der Waals surface area contributed by atoms with Crippen molar-refractivity contribution in [2.75, 3.05) is 13.1 Å². The Morgan fingerprint density at radius 1 is 1.43 bits per heavy atom. The highest BCUT2D eigenvalue weighted by molar-refractivity contribution is 6.40. The number of hydrogen-bond acceptors (Lipinski definition) is 5. The minimum atomic E-state index is -1.11. The molecule has 14 heavy (non-hydrogen) atoms. The van der Waals surface area contributed by atoms with Gasteiger partial charge >= 0.3 is 13.3 Å². The Kier molecular flexibility index (Phi) is 8.47. The minimum absolute atomic E-state index is 0.250. The standard InChI is InChI=1S/C7H16BNO2.CO2/c10-8(11)4-1-2-7-3-5-9-6-7;2-1-3/h7,9-11H,1-6H2;/t7-;/m1./s1. The van der Waals surface area contributed by atoms with Crippen LogP contribution in [0.1, 0.15) is 19.3 Å². The summed E-state index contributed by atoms with van der Waals surface area (Å²) in [5.41, 5.74) is 0. The van der Waals surface area contributed by atoms with Gasteiger partial charge in [0, 0.05) is 0 Å². The third-order valence-electron chi connectivity index (χ3n) is 2.24. The van der Waals surface area contributed by atoms with Gasteiger partial charge in [0.1, 0.15) is 0 Å². The Balaban J connectivity index is 0.000000500. The Bertz CT molecular complexity index is 165. The quantitative estimate of drug-likeness (QED) is 0.521. The summed E-state index contributed by atoms with van der Waals surface area (Å²) in [6.07, 6.45) is 4.09. The Hall–Kier alpha value is -0.675. The van der Waals surface area contributed by atoms with Crippen molar-refractivity contribution in [3.63, 3.8) is 0 Å². The van der Waals surface area contributed by atoms with E-state index < -0.39 is 7.12 Å². The largest absolute Gasteiger partial charge is 0.451 e. The molecule has 3 N–H and O–H groups in total. The molecule has 1 atom stereocenters. The van der Waals surface area contributed by atoms with Gasteiger partial charge in [0.05, 0.1) is 0 Å². The smallest absolute Gasteiger partial charge is 0.427 e.